The maximum Gasteiger partial charge on any atom is 0.203 e. The maximum atomic E-state index is 5.84. The standard InChI is InChI=1S/C14H14ClN5/c1-10-18-19-14-13(16-5-6-20(10)14)17-9-12-4-2-3-11(7-12)8-15/h2-7H,8-9H2,1H3,(H,16,17). The summed E-state index contributed by atoms with van der Waals surface area (Å²) in [5.74, 6) is 2.09. The van der Waals surface area contributed by atoms with Gasteiger partial charge in [0.05, 0.1) is 0 Å². The molecule has 0 atom stereocenters. The Bertz CT molecular complexity index is 737. The molecule has 0 aliphatic heterocycles. The van der Waals surface area contributed by atoms with E-state index in [1.54, 1.807) is 6.20 Å². The van der Waals surface area contributed by atoms with Crippen LogP contribution in [0.2, 0.25) is 0 Å². The van der Waals surface area contributed by atoms with E-state index in [0.29, 0.717) is 12.4 Å². The van der Waals surface area contributed by atoms with Crippen molar-refractivity contribution in [1.82, 2.24) is 19.6 Å². The van der Waals surface area contributed by atoms with Crippen molar-refractivity contribution in [3.63, 3.8) is 0 Å². The summed E-state index contributed by atoms with van der Waals surface area (Å²) in [5.41, 5.74) is 3.00. The van der Waals surface area contributed by atoms with Crippen molar-refractivity contribution in [2.75, 3.05) is 5.32 Å². The highest BCUT2D eigenvalue weighted by Crippen LogP contribution is 2.14. The van der Waals surface area contributed by atoms with Gasteiger partial charge in [0, 0.05) is 24.8 Å². The number of rotatable bonds is 4. The summed E-state index contributed by atoms with van der Waals surface area (Å²) in [6.45, 7) is 2.58. The molecule has 1 N–H and O–H groups in total. The molecule has 0 aliphatic carbocycles. The molecule has 0 fully saturated rings. The van der Waals surface area contributed by atoms with E-state index < -0.39 is 0 Å². The summed E-state index contributed by atoms with van der Waals surface area (Å²) >= 11 is 5.84. The Morgan fingerprint density at radius 3 is 2.95 bits per heavy atom. The number of benzene rings is 1. The average molecular weight is 288 g/mol. The predicted molar refractivity (Wildman–Crippen MR) is 78.8 cm³/mol. The molecule has 5 nitrogen and oxygen atoms in total. The number of fused-ring (bicyclic) bond motifs is 1. The smallest absolute Gasteiger partial charge is 0.203 e. The lowest BCUT2D eigenvalue weighted by Crippen LogP contribution is -2.04. The largest absolute Gasteiger partial charge is 0.363 e. The summed E-state index contributed by atoms with van der Waals surface area (Å²) in [6.07, 6.45) is 3.59. The van der Waals surface area contributed by atoms with Gasteiger partial charge in [-0.05, 0) is 18.1 Å². The van der Waals surface area contributed by atoms with Gasteiger partial charge in [0.2, 0.25) is 5.65 Å². The van der Waals surface area contributed by atoms with Crippen molar-refractivity contribution in [2.24, 2.45) is 0 Å². The number of hydrogen-bond acceptors (Lipinski definition) is 4. The molecular formula is C14H14ClN5. The topological polar surface area (TPSA) is 55.1 Å². The van der Waals surface area contributed by atoms with Crippen LogP contribution in [0.25, 0.3) is 5.65 Å². The fourth-order valence-corrected chi connectivity index (χ4v) is 2.24. The third-order valence-corrected chi connectivity index (χ3v) is 3.41. The minimum atomic E-state index is 0.519. The number of hydrogen-bond donors (Lipinski definition) is 1. The van der Waals surface area contributed by atoms with Gasteiger partial charge in [-0.1, -0.05) is 24.3 Å². The number of anilines is 1. The Kier molecular flexibility index (Phi) is 3.52. The number of nitrogens with zero attached hydrogens (tertiary/aromatic N) is 4. The zero-order chi connectivity index (χ0) is 13.9. The first-order chi connectivity index (χ1) is 9.78. The van der Waals surface area contributed by atoms with Crippen LogP contribution >= 0.6 is 11.6 Å². The van der Waals surface area contributed by atoms with Gasteiger partial charge in [0.25, 0.3) is 0 Å². The first-order valence-electron chi connectivity index (χ1n) is 6.32. The quantitative estimate of drug-likeness (QED) is 0.750. The normalized spacial score (nSPS) is 10.9. The third kappa shape index (κ3) is 2.44. The highest BCUT2D eigenvalue weighted by molar-refractivity contribution is 6.17. The van der Waals surface area contributed by atoms with Gasteiger partial charge in [-0.25, -0.2) is 4.98 Å². The van der Waals surface area contributed by atoms with Crippen LogP contribution in [0, 0.1) is 6.92 Å². The molecule has 0 aliphatic rings. The summed E-state index contributed by atoms with van der Waals surface area (Å²) in [4.78, 5) is 4.32. The molecule has 2 aromatic heterocycles. The highest BCUT2D eigenvalue weighted by atomic mass is 35.5. The molecule has 0 bridgehead atoms. The summed E-state index contributed by atoms with van der Waals surface area (Å²) < 4.78 is 1.91. The first kappa shape index (κ1) is 12.9. The van der Waals surface area contributed by atoms with Crippen LogP contribution in [0.5, 0.6) is 0 Å². The van der Waals surface area contributed by atoms with Gasteiger partial charge < -0.3 is 5.32 Å². The molecule has 1 aromatic carbocycles. The fourth-order valence-electron chi connectivity index (χ4n) is 2.07. The van der Waals surface area contributed by atoms with Gasteiger partial charge in [-0.3, -0.25) is 4.40 Å². The summed E-state index contributed by atoms with van der Waals surface area (Å²) in [6, 6.07) is 8.15. The van der Waals surface area contributed by atoms with Crippen LogP contribution in [0.3, 0.4) is 0 Å². The summed E-state index contributed by atoms with van der Waals surface area (Å²) in [5, 5.41) is 11.5. The van der Waals surface area contributed by atoms with Gasteiger partial charge in [-0.2, -0.15) is 0 Å². The molecule has 20 heavy (non-hydrogen) atoms. The molecule has 6 heteroatoms. The average Bonchev–Trinajstić information content (AvgIpc) is 2.88. The molecule has 3 aromatic rings. The molecule has 0 unspecified atom stereocenters. The molecule has 0 radical (unpaired) electrons. The lowest BCUT2D eigenvalue weighted by atomic mass is 10.1. The molecule has 102 valence electrons. The monoisotopic (exact) mass is 287 g/mol. The Labute approximate surface area is 121 Å². The summed E-state index contributed by atoms with van der Waals surface area (Å²) in [7, 11) is 0. The van der Waals surface area contributed by atoms with Crippen molar-refractivity contribution < 1.29 is 0 Å². The fraction of sp³-hybridized carbons (Fsp3) is 0.214. The maximum absolute atomic E-state index is 5.84. The SMILES string of the molecule is Cc1nnc2c(NCc3cccc(CCl)c3)nccn12. The van der Waals surface area contributed by atoms with E-state index in [2.05, 4.69) is 32.6 Å². The van der Waals surface area contributed by atoms with Crippen LogP contribution in [0.15, 0.2) is 36.7 Å². The van der Waals surface area contributed by atoms with Crippen LogP contribution in [0.1, 0.15) is 17.0 Å². The molecule has 0 spiro atoms. The highest BCUT2D eigenvalue weighted by Gasteiger charge is 2.07. The predicted octanol–water partition coefficient (Wildman–Crippen LogP) is 2.78. The van der Waals surface area contributed by atoms with E-state index in [4.69, 9.17) is 11.6 Å². The lowest BCUT2D eigenvalue weighted by Gasteiger charge is -2.07. The molecule has 0 amide bonds. The molecular weight excluding hydrogens is 274 g/mol. The van der Waals surface area contributed by atoms with Crippen molar-refractivity contribution in [3.8, 4) is 0 Å². The van der Waals surface area contributed by atoms with Gasteiger partial charge >= 0.3 is 0 Å². The van der Waals surface area contributed by atoms with Gasteiger partial charge in [-0.15, -0.1) is 21.8 Å². The second-order valence-corrected chi connectivity index (χ2v) is 4.79. The minimum Gasteiger partial charge on any atom is -0.363 e. The minimum absolute atomic E-state index is 0.519. The van der Waals surface area contributed by atoms with E-state index in [1.165, 1.54) is 0 Å². The molecule has 0 saturated carbocycles. The zero-order valence-electron chi connectivity index (χ0n) is 11.0. The molecule has 0 saturated heterocycles. The van der Waals surface area contributed by atoms with Crippen LogP contribution in [-0.2, 0) is 12.4 Å². The van der Waals surface area contributed by atoms with Crippen LogP contribution < -0.4 is 5.32 Å². The third-order valence-electron chi connectivity index (χ3n) is 3.10. The van der Waals surface area contributed by atoms with Crippen LogP contribution in [0.4, 0.5) is 5.82 Å². The number of halogens is 1. The zero-order valence-corrected chi connectivity index (χ0v) is 11.8. The van der Waals surface area contributed by atoms with Gasteiger partial charge in [0.1, 0.15) is 5.82 Å². The molecule has 3 rings (SSSR count). The Morgan fingerprint density at radius 1 is 1.25 bits per heavy atom. The molecule has 2 heterocycles. The lowest BCUT2D eigenvalue weighted by molar-refractivity contribution is 1.000. The number of aromatic nitrogens is 4. The number of alkyl halides is 1. The Morgan fingerprint density at radius 2 is 2.10 bits per heavy atom. The Hall–Kier alpha value is -2.14. The second kappa shape index (κ2) is 5.46. The van der Waals surface area contributed by atoms with Gasteiger partial charge in [0.15, 0.2) is 5.82 Å². The number of aryl methyl sites for hydroxylation is 1. The van der Waals surface area contributed by atoms with Crippen LogP contribution in [-0.4, -0.2) is 19.6 Å². The van der Waals surface area contributed by atoms with Crippen molar-refractivity contribution in [3.05, 3.63) is 53.6 Å². The second-order valence-electron chi connectivity index (χ2n) is 4.52. The van der Waals surface area contributed by atoms with E-state index in [0.717, 1.165) is 28.4 Å². The van der Waals surface area contributed by atoms with E-state index in [-0.39, 0.29) is 0 Å². The van der Waals surface area contributed by atoms with Crippen molar-refractivity contribution >= 4 is 23.1 Å². The van der Waals surface area contributed by atoms with E-state index in [1.807, 2.05) is 29.7 Å². The first-order valence-corrected chi connectivity index (χ1v) is 6.85. The van der Waals surface area contributed by atoms with E-state index in [9.17, 15) is 0 Å². The van der Waals surface area contributed by atoms with Crippen molar-refractivity contribution in [2.45, 2.75) is 19.3 Å². The van der Waals surface area contributed by atoms with Crippen molar-refractivity contribution in [1.29, 1.82) is 0 Å². The Balaban J connectivity index is 1.83. The number of nitrogens with one attached hydrogen (secondary N) is 1. The van der Waals surface area contributed by atoms with E-state index >= 15 is 0 Å².